The van der Waals surface area contributed by atoms with Gasteiger partial charge >= 0.3 is 0 Å². The van der Waals surface area contributed by atoms with E-state index in [-0.39, 0.29) is 5.91 Å². The van der Waals surface area contributed by atoms with E-state index in [0.29, 0.717) is 18.5 Å². The maximum atomic E-state index is 12.6. The van der Waals surface area contributed by atoms with Crippen LogP contribution in [0.4, 0.5) is 0 Å². The molecule has 0 spiro atoms. The van der Waals surface area contributed by atoms with Gasteiger partial charge in [0.25, 0.3) is 5.91 Å². The van der Waals surface area contributed by atoms with Crippen LogP contribution in [-0.4, -0.2) is 26.8 Å². The first-order chi connectivity index (χ1) is 13.3. The van der Waals surface area contributed by atoms with Crippen molar-refractivity contribution in [2.45, 2.75) is 17.1 Å². The Labute approximate surface area is 165 Å². The number of aromatic nitrogens is 3. The fraction of sp³-hybridized carbons (Fsp3) is 0.150. The number of nitrogens with one attached hydrogen (secondary N) is 1. The summed E-state index contributed by atoms with van der Waals surface area (Å²) in [5, 5.41) is 5.04. The van der Waals surface area contributed by atoms with Crippen LogP contribution in [0.15, 0.2) is 70.6 Å². The van der Waals surface area contributed by atoms with Crippen molar-refractivity contribution < 1.29 is 4.79 Å². The zero-order valence-electron chi connectivity index (χ0n) is 14.5. The van der Waals surface area contributed by atoms with Crippen molar-refractivity contribution >= 4 is 34.7 Å². The lowest BCUT2D eigenvalue weighted by Crippen LogP contribution is -2.26. The highest BCUT2D eigenvalue weighted by atomic mass is 32.2. The van der Waals surface area contributed by atoms with Crippen molar-refractivity contribution in [1.82, 2.24) is 19.7 Å². The van der Waals surface area contributed by atoms with Gasteiger partial charge in [-0.1, -0.05) is 18.2 Å². The molecule has 0 saturated heterocycles. The topological polar surface area (TPSA) is 59.3 Å². The molecule has 1 aromatic carbocycles. The number of nitrogens with zero attached hydrogens (tertiary/aromatic N) is 3. The average Bonchev–Trinajstić information content (AvgIpc) is 3.35. The molecule has 0 bridgehead atoms. The van der Waals surface area contributed by atoms with E-state index in [2.05, 4.69) is 15.3 Å². The molecule has 0 radical (unpaired) electrons. The van der Waals surface area contributed by atoms with E-state index in [1.165, 1.54) is 0 Å². The van der Waals surface area contributed by atoms with Gasteiger partial charge in [0, 0.05) is 41.4 Å². The van der Waals surface area contributed by atoms with Gasteiger partial charge < -0.3 is 9.72 Å². The zero-order valence-corrected chi connectivity index (χ0v) is 16.2. The summed E-state index contributed by atoms with van der Waals surface area (Å²) in [6, 6.07) is 13.6. The monoisotopic (exact) mass is 394 g/mol. The van der Waals surface area contributed by atoms with E-state index in [0.717, 1.165) is 27.7 Å². The Bertz CT molecular complexity index is 1010. The predicted molar refractivity (Wildman–Crippen MR) is 109 cm³/mol. The summed E-state index contributed by atoms with van der Waals surface area (Å²) in [4.78, 5) is 22.4. The normalized spacial score (nSPS) is 11.0. The van der Waals surface area contributed by atoms with Crippen LogP contribution in [0.25, 0.3) is 5.65 Å². The largest absolute Gasteiger partial charge is 0.352 e. The van der Waals surface area contributed by atoms with Gasteiger partial charge in [-0.25, -0.2) is 9.97 Å². The highest BCUT2D eigenvalue weighted by Crippen LogP contribution is 2.26. The Morgan fingerprint density at radius 2 is 2.04 bits per heavy atom. The molecule has 0 aliphatic rings. The van der Waals surface area contributed by atoms with Crippen LogP contribution in [-0.2, 0) is 12.2 Å². The minimum absolute atomic E-state index is 0.0554. The molecule has 0 saturated carbocycles. The molecule has 136 valence electrons. The Morgan fingerprint density at radius 1 is 1.15 bits per heavy atom. The van der Waals surface area contributed by atoms with E-state index >= 15 is 0 Å². The lowest BCUT2D eigenvalue weighted by Gasteiger charge is -2.09. The van der Waals surface area contributed by atoms with Crippen LogP contribution >= 0.6 is 23.1 Å². The second-order valence-corrected chi connectivity index (χ2v) is 7.70. The number of amides is 1. The van der Waals surface area contributed by atoms with Crippen molar-refractivity contribution in [3.8, 4) is 0 Å². The Hall–Kier alpha value is -2.64. The first-order valence-electron chi connectivity index (χ1n) is 8.59. The summed E-state index contributed by atoms with van der Waals surface area (Å²) in [7, 11) is 0. The van der Waals surface area contributed by atoms with Gasteiger partial charge in [0.1, 0.15) is 5.65 Å². The first-order valence-corrected chi connectivity index (χ1v) is 10.5. The lowest BCUT2D eigenvalue weighted by molar-refractivity contribution is 0.0951. The number of rotatable bonds is 7. The Morgan fingerprint density at radius 3 is 2.89 bits per heavy atom. The van der Waals surface area contributed by atoms with Crippen LogP contribution in [0.5, 0.6) is 0 Å². The molecular formula is C20H18N4OS2. The second kappa shape index (κ2) is 8.37. The quantitative estimate of drug-likeness (QED) is 0.480. The van der Waals surface area contributed by atoms with Crippen LogP contribution < -0.4 is 5.32 Å². The van der Waals surface area contributed by atoms with Crippen molar-refractivity contribution in [3.05, 3.63) is 82.7 Å². The summed E-state index contributed by atoms with van der Waals surface area (Å²) in [6.45, 7) is 0.549. The summed E-state index contributed by atoms with van der Waals surface area (Å²) < 4.78 is 1.99. The third-order valence-corrected chi connectivity index (χ3v) is 5.81. The summed E-state index contributed by atoms with van der Waals surface area (Å²) in [5.41, 5.74) is 5.45. The standard InChI is InChI=1S/C20H18N4OS2/c25-20(21-9-8-15-11-24-10-4-3-7-19(24)23-15)17-5-1-2-6-18(17)27-13-16-12-26-14-22-16/h1-7,10-12,14H,8-9,13H2,(H,21,25). The molecule has 1 N–H and O–H groups in total. The number of pyridine rings is 1. The van der Waals surface area contributed by atoms with E-state index in [1.54, 1.807) is 23.1 Å². The number of hydrogen-bond acceptors (Lipinski definition) is 5. The molecular weight excluding hydrogens is 376 g/mol. The van der Waals surface area contributed by atoms with Crippen LogP contribution in [0.1, 0.15) is 21.7 Å². The molecule has 3 heterocycles. The number of carbonyl (C=O) groups is 1. The van der Waals surface area contributed by atoms with Crippen molar-refractivity contribution in [3.63, 3.8) is 0 Å². The van der Waals surface area contributed by atoms with Gasteiger partial charge in [0.2, 0.25) is 0 Å². The molecule has 5 nitrogen and oxygen atoms in total. The molecule has 4 aromatic rings. The molecule has 1 amide bonds. The van der Waals surface area contributed by atoms with Crippen LogP contribution in [0.3, 0.4) is 0 Å². The molecule has 4 rings (SSSR count). The minimum Gasteiger partial charge on any atom is -0.352 e. The lowest BCUT2D eigenvalue weighted by atomic mass is 10.2. The van der Waals surface area contributed by atoms with Crippen molar-refractivity contribution in [2.75, 3.05) is 6.54 Å². The minimum atomic E-state index is -0.0554. The van der Waals surface area contributed by atoms with Gasteiger partial charge in [0.15, 0.2) is 0 Å². The van der Waals surface area contributed by atoms with Gasteiger partial charge in [-0.3, -0.25) is 4.79 Å². The maximum absolute atomic E-state index is 12.6. The molecule has 0 aliphatic carbocycles. The van der Waals surface area contributed by atoms with Crippen LogP contribution in [0, 0.1) is 0 Å². The molecule has 0 fully saturated rings. The Balaban J connectivity index is 1.36. The van der Waals surface area contributed by atoms with E-state index < -0.39 is 0 Å². The summed E-state index contributed by atoms with van der Waals surface area (Å²) in [5.74, 6) is 0.704. The number of thioether (sulfide) groups is 1. The third-order valence-electron chi connectivity index (χ3n) is 4.07. The molecule has 27 heavy (non-hydrogen) atoms. The van der Waals surface area contributed by atoms with Gasteiger partial charge in [-0.15, -0.1) is 23.1 Å². The fourth-order valence-electron chi connectivity index (χ4n) is 2.75. The predicted octanol–water partition coefficient (Wildman–Crippen LogP) is 4.06. The van der Waals surface area contributed by atoms with Gasteiger partial charge in [-0.2, -0.15) is 0 Å². The second-order valence-electron chi connectivity index (χ2n) is 5.97. The highest BCUT2D eigenvalue weighted by Gasteiger charge is 2.12. The van der Waals surface area contributed by atoms with E-state index in [4.69, 9.17) is 0 Å². The number of thiazole rings is 1. The fourth-order valence-corrected chi connectivity index (χ4v) is 4.36. The van der Waals surface area contributed by atoms with Gasteiger partial charge in [-0.05, 0) is 24.3 Å². The average molecular weight is 395 g/mol. The van der Waals surface area contributed by atoms with Gasteiger partial charge in [0.05, 0.1) is 22.5 Å². The zero-order chi connectivity index (χ0) is 18.5. The number of hydrogen-bond donors (Lipinski definition) is 1. The van der Waals surface area contributed by atoms with Crippen molar-refractivity contribution in [2.24, 2.45) is 0 Å². The highest BCUT2D eigenvalue weighted by molar-refractivity contribution is 7.98. The Kier molecular flexibility index (Phi) is 5.50. The van der Waals surface area contributed by atoms with Crippen LogP contribution in [0.2, 0.25) is 0 Å². The summed E-state index contributed by atoms with van der Waals surface area (Å²) >= 11 is 3.22. The summed E-state index contributed by atoms with van der Waals surface area (Å²) in [6.07, 6.45) is 4.67. The number of fused-ring (bicyclic) bond motifs is 1. The van der Waals surface area contributed by atoms with Crippen molar-refractivity contribution in [1.29, 1.82) is 0 Å². The number of benzene rings is 1. The molecule has 0 unspecified atom stereocenters. The molecule has 0 aliphatic heterocycles. The third kappa shape index (κ3) is 4.37. The maximum Gasteiger partial charge on any atom is 0.252 e. The first kappa shape index (κ1) is 17.8. The number of carbonyl (C=O) groups excluding carboxylic acids is 1. The smallest absolute Gasteiger partial charge is 0.252 e. The van der Waals surface area contributed by atoms with E-state index in [9.17, 15) is 4.79 Å². The molecule has 0 atom stereocenters. The SMILES string of the molecule is O=C(NCCc1cn2ccccc2n1)c1ccccc1SCc1cscn1. The number of imidazole rings is 1. The van der Waals surface area contributed by atoms with E-state index in [1.807, 2.05) is 70.1 Å². The molecule has 3 aromatic heterocycles. The molecule has 7 heteroatoms.